The van der Waals surface area contributed by atoms with E-state index in [2.05, 4.69) is 10.6 Å². The summed E-state index contributed by atoms with van der Waals surface area (Å²) in [5.41, 5.74) is 5.03. The molecule has 38 heavy (non-hydrogen) atoms. The highest BCUT2D eigenvalue weighted by molar-refractivity contribution is 5.89. The van der Waals surface area contributed by atoms with E-state index in [1.165, 1.54) is 12.1 Å². The predicted octanol–water partition coefficient (Wildman–Crippen LogP) is 4.46. The number of ether oxygens (including phenoxy) is 1. The molecule has 1 aliphatic carbocycles. The minimum Gasteiger partial charge on any atom is -0.508 e. The number of hydrogen-bond donors (Lipinski definition) is 4. The van der Waals surface area contributed by atoms with Crippen LogP contribution in [0.25, 0.3) is 11.1 Å². The van der Waals surface area contributed by atoms with E-state index in [1.54, 1.807) is 12.1 Å². The highest BCUT2D eigenvalue weighted by atomic mass is 16.5. The summed E-state index contributed by atoms with van der Waals surface area (Å²) >= 11 is 0. The number of rotatable bonds is 10. The minimum atomic E-state index is -1.20. The Morgan fingerprint density at radius 3 is 1.97 bits per heavy atom. The van der Waals surface area contributed by atoms with Crippen molar-refractivity contribution < 1.29 is 29.3 Å². The van der Waals surface area contributed by atoms with Gasteiger partial charge in [0, 0.05) is 12.3 Å². The van der Waals surface area contributed by atoms with Gasteiger partial charge in [0.25, 0.3) is 0 Å². The summed E-state index contributed by atoms with van der Waals surface area (Å²) in [4.78, 5) is 37.7. The Balaban J connectivity index is 1.41. The van der Waals surface area contributed by atoms with E-state index in [0.717, 1.165) is 22.3 Å². The van der Waals surface area contributed by atoms with Crippen LogP contribution in [0.4, 0.5) is 4.79 Å². The molecule has 2 amide bonds. The van der Waals surface area contributed by atoms with E-state index in [9.17, 15) is 24.6 Å². The van der Waals surface area contributed by atoms with Crippen molar-refractivity contribution in [2.24, 2.45) is 5.92 Å². The Hall–Kier alpha value is -4.33. The molecule has 0 aliphatic heterocycles. The van der Waals surface area contributed by atoms with Crippen molar-refractivity contribution in [3.8, 4) is 16.9 Å². The molecule has 4 N–H and O–H groups in total. The minimum absolute atomic E-state index is 0.0285. The van der Waals surface area contributed by atoms with Gasteiger partial charge in [0.1, 0.15) is 24.4 Å². The van der Waals surface area contributed by atoms with Crippen LogP contribution in [0.5, 0.6) is 5.75 Å². The standard InChI is InChI=1S/C30H32N2O6/c1-18(2)15-26(28(34)31-27(29(35)36)16-19-11-13-20(33)14-12-19)32-30(37)38-17-25-23-9-5-3-7-21(23)22-8-4-6-10-24(22)25/h3-14,18,25-27,33H,15-17H2,1-2H3,(H,31,34)(H,32,37)(H,35,36)/t26-,27+/m1/s1. The number of aromatic hydroxyl groups is 1. The van der Waals surface area contributed by atoms with Crippen LogP contribution in [0.3, 0.4) is 0 Å². The van der Waals surface area contributed by atoms with Crippen molar-refractivity contribution >= 4 is 18.0 Å². The van der Waals surface area contributed by atoms with Gasteiger partial charge in [-0.25, -0.2) is 9.59 Å². The quantitative estimate of drug-likeness (QED) is 0.315. The second kappa shape index (κ2) is 11.8. The monoisotopic (exact) mass is 516 g/mol. The van der Waals surface area contributed by atoms with E-state index in [1.807, 2.05) is 62.4 Å². The lowest BCUT2D eigenvalue weighted by Gasteiger charge is -2.23. The van der Waals surface area contributed by atoms with Crippen LogP contribution in [0.15, 0.2) is 72.8 Å². The number of carboxylic acids is 1. The molecule has 0 spiro atoms. The zero-order valence-electron chi connectivity index (χ0n) is 21.4. The first-order valence-corrected chi connectivity index (χ1v) is 12.7. The Kier molecular flexibility index (Phi) is 8.31. The molecular weight excluding hydrogens is 484 g/mol. The van der Waals surface area contributed by atoms with E-state index < -0.39 is 30.1 Å². The van der Waals surface area contributed by atoms with Crippen LogP contribution in [-0.4, -0.2) is 46.9 Å². The molecule has 0 heterocycles. The summed E-state index contributed by atoms with van der Waals surface area (Å²) in [6.07, 6.45) is -0.402. The summed E-state index contributed by atoms with van der Waals surface area (Å²) in [6.45, 7) is 3.92. The van der Waals surface area contributed by atoms with Gasteiger partial charge in [-0.15, -0.1) is 0 Å². The normalized spacial score (nSPS) is 13.8. The number of aliphatic carboxylic acids is 1. The molecular formula is C30H32N2O6. The van der Waals surface area contributed by atoms with Crippen molar-refractivity contribution in [3.63, 3.8) is 0 Å². The van der Waals surface area contributed by atoms with Crippen LogP contribution in [-0.2, 0) is 20.7 Å². The lowest BCUT2D eigenvalue weighted by atomic mass is 9.98. The van der Waals surface area contributed by atoms with Gasteiger partial charge in [-0.2, -0.15) is 0 Å². The van der Waals surface area contributed by atoms with Crippen molar-refractivity contribution in [2.45, 2.75) is 44.7 Å². The number of amides is 2. The van der Waals surface area contributed by atoms with Crippen molar-refractivity contribution in [3.05, 3.63) is 89.5 Å². The number of alkyl carbamates (subject to hydrolysis) is 1. The van der Waals surface area contributed by atoms with Gasteiger partial charge < -0.3 is 25.6 Å². The SMILES string of the molecule is CC(C)C[C@@H](NC(=O)OCC1c2ccccc2-c2ccccc21)C(=O)N[C@@H](Cc1ccc(O)cc1)C(=O)O. The van der Waals surface area contributed by atoms with Gasteiger partial charge in [-0.1, -0.05) is 74.5 Å². The van der Waals surface area contributed by atoms with Gasteiger partial charge in [0.2, 0.25) is 5.91 Å². The number of carbonyl (C=O) groups is 3. The van der Waals surface area contributed by atoms with Crippen LogP contribution < -0.4 is 10.6 Å². The maximum atomic E-state index is 13.1. The first-order valence-electron chi connectivity index (χ1n) is 12.7. The number of carbonyl (C=O) groups excluding carboxylic acids is 2. The van der Waals surface area contributed by atoms with Crippen molar-refractivity contribution in [1.29, 1.82) is 0 Å². The average Bonchev–Trinajstić information content (AvgIpc) is 3.21. The molecule has 0 bridgehead atoms. The Labute approximate surface area is 221 Å². The van der Waals surface area contributed by atoms with E-state index >= 15 is 0 Å². The van der Waals surface area contributed by atoms with Crippen LogP contribution in [0.1, 0.15) is 42.9 Å². The number of fused-ring (bicyclic) bond motifs is 3. The molecule has 3 aromatic rings. The summed E-state index contributed by atoms with van der Waals surface area (Å²) < 4.78 is 5.59. The summed E-state index contributed by atoms with van der Waals surface area (Å²) in [7, 11) is 0. The van der Waals surface area contributed by atoms with Gasteiger partial charge in [0.15, 0.2) is 0 Å². The second-order valence-electron chi connectivity index (χ2n) is 9.92. The number of hydrogen-bond acceptors (Lipinski definition) is 5. The third-order valence-corrected chi connectivity index (χ3v) is 6.65. The van der Waals surface area contributed by atoms with Gasteiger partial charge in [-0.05, 0) is 52.3 Å². The lowest BCUT2D eigenvalue weighted by Crippen LogP contribution is -2.52. The third kappa shape index (κ3) is 6.32. The maximum Gasteiger partial charge on any atom is 0.407 e. The Morgan fingerprint density at radius 1 is 0.842 bits per heavy atom. The maximum absolute atomic E-state index is 13.1. The Morgan fingerprint density at radius 2 is 1.42 bits per heavy atom. The fraction of sp³-hybridized carbons (Fsp3) is 0.300. The smallest absolute Gasteiger partial charge is 0.407 e. The van der Waals surface area contributed by atoms with Gasteiger partial charge >= 0.3 is 12.1 Å². The largest absolute Gasteiger partial charge is 0.508 e. The number of nitrogens with one attached hydrogen (secondary N) is 2. The van der Waals surface area contributed by atoms with Gasteiger partial charge in [0.05, 0.1) is 0 Å². The second-order valence-corrected chi connectivity index (χ2v) is 9.92. The van der Waals surface area contributed by atoms with Crippen molar-refractivity contribution in [2.75, 3.05) is 6.61 Å². The lowest BCUT2D eigenvalue weighted by molar-refractivity contribution is -0.142. The Bertz CT molecular complexity index is 1260. The molecule has 0 radical (unpaired) electrons. The molecule has 8 nitrogen and oxygen atoms in total. The van der Waals surface area contributed by atoms with Crippen LogP contribution in [0.2, 0.25) is 0 Å². The molecule has 2 atom stereocenters. The summed E-state index contributed by atoms with van der Waals surface area (Å²) in [5, 5.41) is 24.3. The molecule has 0 unspecified atom stereocenters. The number of carboxylic acid groups (broad SMARTS) is 1. The van der Waals surface area contributed by atoms with E-state index in [4.69, 9.17) is 4.74 Å². The number of phenolic OH excluding ortho intramolecular Hbond substituents is 1. The van der Waals surface area contributed by atoms with Gasteiger partial charge in [-0.3, -0.25) is 4.79 Å². The topological polar surface area (TPSA) is 125 Å². The molecule has 3 aromatic carbocycles. The zero-order valence-corrected chi connectivity index (χ0v) is 21.4. The fourth-order valence-electron chi connectivity index (χ4n) is 4.83. The number of phenols is 1. The fourth-order valence-corrected chi connectivity index (χ4v) is 4.83. The molecule has 1 aliphatic rings. The highest BCUT2D eigenvalue weighted by Gasteiger charge is 2.31. The summed E-state index contributed by atoms with van der Waals surface area (Å²) in [5.74, 6) is -1.80. The molecule has 0 saturated heterocycles. The molecule has 0 aromatic heterocycles. The molecule has 198 valence electrons. The highest BCUT2D eigenvalue weighted by Crippen LogP contribution is 2.44. The zero-order chi connectivity index (χ0) is 27.2. The molecule has 0 fully saturated rings. The van der Waals surface area contributed by atoms with E-state index in [0.29, 0.717) is 12.0 Å². The molecule has 4 rings (SSSR count). The first kappa shape index (κ1) is 26.7. The molecule has 8 heteroatoms. The number of benzene rings is 3. The predicted molar refractivity (Wildman–Crippen MR) is 143 cm³/mol. The van der Waals surface area contributed by atoms with Crippen molar-refractivity contribution in [1.82, 2.24) is 10.6 Å². The average molecular weight is 517 g/mol. The third-order valence-electron chi connectivity index (χ3n) is 6.65. The van der Waals surface area contributed by atoms with Crippen LogP contribution >= 0.6 is 0 Å². The van der Waals surface area contributed by atoms with E-state index in [-0.39, 0.29) is 30.6 Å². The first-order chi connectivity index (χ1) is 18.2. The summed E-state index contributed by atoms with van der Waals surface area (Å²) in [6, 6.07) is 19.9. The van der Waals surface area contributed by atoms with Crippen LogP contribution in [0, 0.1) is 5.92 Å². The molecule has 0 saturated carbocycles.